The van der Waals surface area contributed by atoms with Gasteiger partial charge in [-0.25, -0.2) is 4.98 Å². The highest BCUT2D eigenvalue weighted by Crippen LogP contribution is 2.34. The summed E-state index contributed by atoms with van der Waals surface area (Å²) in [5.41, 5.74) is -0.352. The molecule has 18 heavy (non-hydrogen) atoms. The lowest BCUT2D eigenvalue weighted by Crippen LogP contribution is -2.07. The zero-order chi connectivity index (χ0) is 13.3. The van der Waals surface area contributed by atoms with Gasteiger partial charge in [0.15, 0.2) is 0 Å². The maximum atomic E-state index is 12.8. The van der Waals surface area contributed by atoms with Crippen molar-refractivity contribution in [1.29, 1.82) is 0 Å². The van der Waals surface area contributed by atoms with E-state index in [-0.39, 0.29) is 5.82 Å². The first-order valence-corrected chi connectivity index (χ1v) is 6.05. The molecule has 0 aromatic carbocycles. The fraction of sp³-hybridized carbons (Fsp3) is 0.250. The van der Waals surface area contributed by atoms with E-state index in [0.29, 0.717) is 5.69 Å². The van der Waals surface area contributed by atoms with Crippen LogP contribution in [-0.2, 0) is 6.18 Å². The molecule has 2 rings (SSSR count). The van der Waals surface area contributed by atoms with E-state index in [1.807, 2.05) is 13.0 Å². The second-order valence-corrected chi connectivity index (χ2v) is 5.07. The van der Waals surface area contributed by atoms with Crippen molar-refractivity contribution in [3.8, 4) is 10.6 Å². The number of aromatic nitrogens is 1. The predicted octanol–water partition coefficient (Wildman–Crippen LogP) is 4.18. The summed E-state index contributed by atoms with van der Waals surface area (Å²) in [6.45, 7) is 1.90. The Morgan fingerprint density at radius 3 is 2.44 bits per heavy atom. The van der Waals surface area contributed by atoms with Gasteiger partial charge in [0.05, 0.1) is 16.1 Å². The van der Waals surface area contributed by atoms with Gasteiger partial charge in [-0.3, -0.25) is 0 Å². The minimum absolute atomic E-state index is 0.214. The van der Waals surface area contributed by atoms with Crippen LogP contribution in [0, 0.1) is 6.92 Å². The quantitative estimate of drug-likeness (QED) is 0.887. The van der Waals surface area contributed by atoms with Crippen molar-refractivity contribution in [2.24, 2.45) is 0 Å². The van der Waals surface area contributed by atoms with E-state index in [2.05, 4.69) is 10.3 Å². The van der Waals surface area contributed by atoms with Crippen LogP contribution < -0.4 is 5.32 Å². The lowest BCUT2D eigenvalue weighted by Gasteiger charge is -2.10. The second kappa shape index (κ2) is 4.61. The van der Waals surface area contributed by atoms with Gasteiger partial charge < -0.3 is 5.32 Å². The Labute approximate surface area is 106 Å². The molecular weight excluding hydrogens is 261 g/mol. The predicted molar refractivity (Wildman–Crippen MR) is 66.8 cm³/mol. The average Bonchev–Trinajstić information content (AvgIpc) is 2.74. The molecule has 0 radical (unpaired) electrons. The van der Waals surface area contributed by atoms with Gasteiger partial charge in [-0.05, 0) is 31.2 Å². The van der Waals surface area contributed by atoms with Crippen molar-refractivity contribution in [1.82, 2.24) is 4.98 Å². The maximum Gasteiger partial charge on any atom is 0.416 e. The number of aryl methyl sites for hydroxylation is 1. The van der Waals surface area contributed by atoms with E-state index in [1.165, 1.54) is 11.3 Å². The summed E-state index contributed by atoms with van der Waals surface area (Å²) in [4.78, 5) is 5.92. The third-order valence-corrected chi connectivity index (χ3v) is 3.42. The maximum absolute atomic E-state index is 12.8. The number of thiophene rings is 1. The molecule has 0 aliphatic carbocycles. The molecule has 96 valence electrons. The standard InChI is InChI=1S/C12H11F3N2S/c1-7-3-4-10(18-7)9-5-8(12(13,14)15)6-11(16-2)17-9/h3-6H,1-2H3,(H,16,17). The van der Waals surface area contributed by atoms with Gasteiger partial charge in [-0.2, -0.15) is 13.2 Å². The molecule has 2 heterocycles. The molecule has 2 nitrogen and oxygen atoms in total. The summed E-state index contributed by atoms with van der Waals surface area (Å²) in [6, 6.07) is 5.72. The molecular formula is C12H11F3N2S. The molecule has 2 aromatic rings. The van der Waals surface area contributed by atoms with Gasteiger partial charge in [0, 0.05) is 11.9 Å². The summed E-state index contributed by atoms with van der Waals surface area (Å²) in [7, 11) is 1.55. The monoisotopic (exact) mass is 272 g/mol. The first-order valence-electron chi connectivity index (χ1n) is 5.24. The highest BCUT2D eigenvalue weighted by atomic mass is 32.1. The van der Waals surface area contributed by atoms with Crippen LogP contribution in [0.25, 0.3) is 10.6 Å². The zero-order valence-electron chi connectivity index (χ0n) is 9.80. The van der Waals surface area contributed by atoms with Crippen LogP contribution in [0.3, 0.4) is 0 Å². The first kappa shape index (κ1) is 12.9. The highest BCUT2D eigenvalue weighted by Gasteiger charge is 2.31. The Morgan fingerprint density at radius 1 is 1.22 bits per heavy atom. The largest absolute Gasteiger partial charge is 0.416 e. The summed E-state index contributed by atoms with van der Waals surface area (Å²) < 4.78 is 38.3. The minimum Gasteiger partial charge on any atom is -0.373 e. The summed E-state index contributed by atoms with van der Waals surface area (Å²) in [5.74, 6) is 0.214. The van der Waals surface area contributed by atoms with Crippen molar-refractivity contribution >= 4 is 17.2 Å². The van der Waals surface area contributed by atoms with Crippen molar-refractivity contribution in [3.63, 3.8) is 0 Å². The van der Waals surface area contributed by atoms with Gasteiger partial charge in [-0.1, -0.05) is 0 Å². The second-order valence-electron chi connectivity index (χ2n) is 3.78. The van der Waals surface area contributed by atoms with E-state index in [1.54, 1.807) is 13.1 Å². The smallest absolute Gasteiger partial charge is 0.373 e. The molecule has 0 fully saturated rings. The molecule has 1 N–H and O–H groups in total. The van der Waals surface area contributed by atoms with Crippen LogP contribution in [0.1, 0.15) is 10.4 Å². The van der Waals surface area contributed by atoms with Crippen LogP contribution in [0.5, 0.6) is 0 Å². The Balaban J connectivity index is 2.54. The molecule has 0 unspecified atom stereocenters. The molecule has 6 heteroatoms. The van der Waals surface area contributed by atoms with Gasteiger partial charge in [-0.15, -0.1) is 11.3 Å². The number of hydrogen-bond donors (Lipinski definition) is 1. The van der Waals surface area contributed by atoms with Crippen molar-refractivity contribution in [3.05, 3.63) is 34.7 Å². The molecule has 0 aliphatic rings. The number of rotatable bonds is 2. The summed E-state index contributed by atoms with van der Waals surface area (Å²) in [5, 5.41) is 2.65. The summed E-state index contributed by atoms with van der Waals surface area (Å²) in [6.07, 6.45) is -4.37. The van der Waals surface area contributed by atoms with E-state index in [4.69, 9.17) is 0 Å². The van der Waals surface area contributed by atoms with Crippen LogP contribution in [-0.4, -0.2) is 12.0 Å². The van der Waals surface area contributed by atoms with Crippen molar-refractivity contribution in [2.75, 3.05) is 12.4 Å². The molecule has 0 bridgehead atoms. The lowest BCUT2D eigenvalue weighted by atomic mass is 10.2. The average molecular weight is 272 g/mol. The zero-order valence-corrected chi connectivity index (χ0v) is 10.6. The number of nitrogens with zero attached hydrogens (tertiary/aromatic N) is 1. The van der Waals surface area contributed by atoms with Gasteiger partial charge in [0.2, 0.25) is 0 Å². The first-order chi connectivity index (χ1) is 8.40. The number of nitrogens with one attached hydrogen (secondary N) is 1. The number of pyridine rings is 1. The molecule has 0 saturated carbocycles. The molecule has 0 saturated heterocycles. The Bertz CT molecular complexity index is 561. The molecule has 2 aromatic heterocycles. The molecule has 0 aliphatic heterocycles. The van der Waals surface area contributed by atoms with Crippen LogP contribution >= 0.6 is 11.3 Å². The van der Waals surface area contributed by atoms with Crippen LogP contribution in [0.15, 0.2) is 24.3 Å². The lowest BCUT2D eigenvalue weighted by molar-refractivity contribution is -0.137. The Kier molecular flexibility index (Phi) is 3.30. The van der Waals surface area contributed by atoms with Crippen LogP contribution in [0.4, 0.5) is 19.0 Å². The van der Waals surface area contributed by atoms with Gasteiger partial charge >= 0.3 is 6.18 Å². The third-order valence-electron chi connectivity index (χ3n) is 2.40. The third kappa shape index (κ3) is 2.64. The van der Waals surface area contributed by atoms with E-state index < -0.39 is 11.7 Å². The molecule has 0 atom stereocenters. The number of alkyl halides is 3. The number of hydrogen-bond acceptors (Lipinski definition) is 3. The topological polar surface area (TPSA) is 24.9 Å². The van der Waals surface area contributed by atoms with E-state index in [0.717, 1.165) is 21.9 Å². The number of halogens is 3. The Morgan fingerprint density at radius 2 is 1.94 bits per heavy atom. The molecule has 0 spiro atoms. The van der Waals surface area contributed by atoms with E-state index in [9.17, 15) is 13.2 Å². The Hall–Kier alpha value is -1.56. The van der Waals surface area contributed by atoms with Crippen LogP contribution in [0.2, 0.25) is 0 Å². The SMILES string of the molecule is CNc1cc(C(F)(F)F)cc(-c2ccc(C)s2)n1. The fourth-order valence-electron chi connectivity index (χ4n) is 1.52. The normalized spacial score (nSPS) is 11.6. The fourth-order valence-corrected chi connectivity index (χ4v) is 2.35. The van der Waals surface area contributed by atoms with Gasteiger partial charge in [0.25, 0.3) is 0 Å². The molecule has 0 amide bonds. The van der Waals surface area contributed by atoms with Crippen molar-refractivity contribution in [2.45, 2.75) is 13.1 Å². The van der Waals surface area contributed by atoms with Gasteiger partial charge in [0.1, 0.15) is 5.82 Å². The number of anilines is 1. The highest BCUT2D eigenvalue weighted by molar-refractivity contribution is 7.15. The van der Waals surface area contributed by atoms with Crippen molar-refractivity contribution < 1.29 is 13.2 Å². The summed E-state index contributed by atoms with van der Waals surface area (Å²) >= 11 is 1.42. The minimum atomic E-state index is -4.37. The van der Waals surface area contributed by atoms with E-state index >= 15 is 0 Å².